The molecule has 2 N–H and O–H groups in total. The summed E-state index contributed by atoms with van der Waals surface area (Å²) in [5.41, 5.74) is 3.97. The molecule has 0 spiro atoms. The Hall–Kier alpha value is -3.32. The Kier molecular flexibility index (Phi) is 6.52. The van der Waals surface area contributed by atoms with Gasteiger partial charge in [-0.2, -0.15) is 4.98 Å². The van der Waals surface area contributed by atoms with Gasteiger partial charge in [-0.25, -0.2) is 0 Å². The number of rotatable bonds is 10. The minimum absolute atomic E-state index is 0.442. The monoisotopic (exact) mass is 420 g/mol. The molecule has 0 aliphatic heterocycles. The van der Waals surface area contributed by atoms with Gasteiger partial charge in [-0.15, -0.1) is 0 Å². The predicted molar refractivity (Wildman–Crippen MR) is 121 cm³/mol. The van der Waals surface area contributed by atoms with Crippen LogP contribution in [0.3, 0.4) is 0 Å². The van der Waals surface area contributed by atoms with Gasteiger partial charge in [0.1, 0.15) is 0 Å². The van der Waals surface area contributed by atoms with Gasteiger partial charge in [-0.3, -0.25) is 0 Å². The van der Waals surface area contributed by atoms with Crippen LogP contribution in [0, 0.1) is 0 Å². The van der Waals surface area contributed by atoms with Crippen molar-refractivity contribution in [2.45, 2.75) is 33.7 Å². The molecule has 31 heavy (non-hydrogen) atoms. The first kappa shape index (κ1) is 20.9. The van der Waals surface area contributed by atoms with Gasteiger partial charge in [-0.1, -0.05) is 24.2 Å². The third-order valence-corrected chi connectivity index (χ3v) is 4.99. The van der Waals surface area contributed by atoms with Gasteiger partial charge in [0.15, 0.2) is 11.5 Å². The van der Waals surface area contributed by atoms with Crippen LogP contribution < -0.4 is 14.8 Å². The molecule has 0 amide bonds. The molecular formula is C24H28N4O3. The van der Waals surface area contributed by atoms with E-state index < -0.39 is 0 Å². The summed E-state index contributed by atoms with van der Waals surface area (Å²) in [7, 11) is 0. The van der Waals surface area contributed by atoms with Crippen molar-refractivity contribution in [2.75, 3.05) is 19.8 Å². The summed E-state index contributed by atoms with van der Waals surface area (Å²) < 4.78 is 17.0. The summed E-state index contributed by atoms with van der Waals surface area (Å²) in [4.78, 5) is 8.03. The summed E-state index contributed by atoms with van der Waals surface area (Å²) in [6.45, 7) is 8.92. The smallest absolute Gasteiger partial charge is 0.258 e. The third kappa shape index (κ3) is 4.41. The quantitative estimate of drug-likeness (QED) is 0.344. The van der Waals surface area contributed by atoms with Crippen LogP contribution in [0.1, 0.15) is 32.8 Å². The summed E-state index contributed by atoms with van der Waals surface area (Å²) >= 11 is 0. The molecule has 2 heterocycles. The molecule has 0 saturated heterocycles. The molecule has 0 fully saturated rings. The molecule has 0 atom stereocenters. The van der Waals surface area contributed by atoms with E-state index in [1.165, 1.54) is 5.56 Å². The van der Waals surface area contributed by atoms with Crippen LogP contribution in [0.15, 0.2) is 47.1 Å². The zero-order chi connectivity index (χ0) is 21.6. The molecule has 2 aromatic heterocycles. The first-order chi connectivity index (χ1) is 15.2. The first-order valence-corrected chi connectivity index (χ1v) is 10.8. The van der Waals surface area contributed by atoms with Crippen LogP contribution in [0.5, 0.6) is 11.5 Å². The number of nitrogens with one attached hydrogen (secondary N) is 2. The van der Waals surface area contributed by atoms with E-state index in [1.54, 1.807) is 0 Å². The van der Waals surface area contributed by atoms with E-state index in [0.717, 1.165) is 41.5 Å². The molecule has 2 aromatic carbocycles. The number of benzene rings is 2. The molecule has 162 valence electrons. The molecule has 0 unspecified atom stereocenters. The van der Waals surface area contributed by atoms with Crippen molar-refractivity contribution in [3.05, 3.63) is 48.2 Å². The Balaban J connectivity index is 1.68. The predicted octanol–water partition coefficient (Wildman–Crippen LogP) is 5.18. The van der Waals surface area contributed by atoms with Crippen molar-refractivity contribution in [1.29, 1.82) is 0 Å². The lowest BCUT2D eigenvalue weighted by molar-refractivity contribution is 0.288. The highest BCUT2D eigenvalue weighted by molar-refractivity contribution is 5.96. The number of nitrogens with zero attached hydrogens (tertiary/aromatic N) is 2. The van der Waals surface area contributed by atoms with E-state index >= 15 is 0 Å². The topological polar surface area (TPSA) is 85.2 Å². The van der Waals surface area contributed by atoms with E-state index in [0.29, 0.717) is 36.4 Å². The summed E-state index contributed by atoms with van der Waals surface area (Å²) in [6, 6.07) is 11.7. The third-order valence-electron chi connectivity index (χ3n) is 4.99. The molecule has 0 radical (unpaired) electrons. The maximum atomic E-state index is 5.73. The van der Waals surface area contributed by atoms with E-state index in [4.69, 9.17) is 14.0 Å². The van der Waals surface area contributed by atoms with E-state index in [9.17, 15) is 0 Å². The van der Waals surface area contributed by atoms with Crippen LogP contribution in [0.4, 0.5) is 0 Å². The highest BCUT2D eigenvalue weighted by Crippen LogP contribution is 2.34. The minimum atomic E-state index is 0.442. The first-order valence-electron chi connectivity index (χ1n) is 10.8. The minimum Gasteiger partial charge on any atom is -0.490 e. The zero-order valence-corrected chi connectivity index (χ0v) is 18.2. The van der Waals surface area contributed by atoms with E-state index in [-0.39, 0.29) is 0 Å². The van der Waals surface area contributed by atoms with E-state index in [1.807, 2.05) is 50.4 Å². The van der Waals surface area contributed by atoms with Crippen molar-refractivity contribution in [3.8, 4) is 34.3 Å². The fourth-order valence-electron chi connectivity index (χ4n) is 3.62. The lowest BCUT2D eigenvalue weighted by atomic mass is 10.1. The zero-order valence-electron chi connectivity index (χ0n) is 18.2. The number of hydrogen-bond donors (Lipinski definition) is 2. The Labute approximate surface area is 181 Å². The number of hydrogen-bond acceptors (Lipinski definition) is 6. The molecular weight excluding hydrogens is 392 g/mol. The van der Waals surface area contributed by atoms with Crippen molar-refractivity contribution in [2.24, 2.45) is 0 Å². The molecule has 0 aliphatic carbocycles. The molecule has 0 saturated carbocycles. The van der Waals surface area contributed by atoms with Gasteiger partial charge >= 0.3 is 0 Å². The number of aromatic nitrogens is 3. The number of aromatic amines is 1. The van der Waals surface area contributed by atoms with Gasteiger partial charge in [0.25, 0.3) is 5.89 Å². The van der Waals surface area contributed by atoms with Gasteiger partial charge in [0, 0.05) is 34.8 Å². The van der Waals surface area contributed by atoms with E-state index in [2.05, 4.69) is 33.4 Å². The highest BCUT2D eigenvalue weighted by Gasteiger charge is 2.17. The number of ether oxygens (including phenoxy) is 2. The van der Waals surface area contributed by atoms with Crippen LogP contribution in [0.25, 0.3) is 33.7 Å². The SMILES string of the molecule is CCCNCc1c[nH]c2cccc(-c3noc(-c4ccc(OCC)c(OCC)c4)n3)c12. The molecule has 0 bridgehead atoms. The lowest BCUT2D eigenvalue weighted by Gasteiger charge is -2.11. The van der Waals surface area contributed by atoms with Crippen LogP contribution in [-0.4, -0.2) is 34.9 Å². The second kappa shape index (κ2) is 9.66. The summed E-state index contributed by atoms with van der Waals surface area (Å²) in [5.74, 6) is 2.37. The van der Waals surface area contributed by atoms with Crippen molar-refractivity contribution in [3.63, 3.8) is 0 Å². The van der Waals surface area contributed by atoms with Crippen molar-refractivity contribution < 1.29 is 14.0 Å². The molecule has 0 aliphatic rings. The van der Waals surface area contributed by atoms with Crippen LogP contribution in [-0.2, 0) is 6.54 Å². The fourth-order valence-corrected chi connectivity index (χ4v) is 3.62. The Bertz CT molecular complexity index is 1150. The molecule has 7 nitrogen and oxygen atoms in total. The van der Waals surface area contributed by atoms with Crippen LogP contribution in [0.2, 0.25) is 0 Å². The van der Waals surface area contributed by atoms with Gasteiger partial charge in [0.2, 0.25) is 5.82 Å². The highest BCUT2D eigenvalue weighted by atomic mass is 16.5. The molecule has 4 aromatic rings. The van der Waals surface area contributed by atoms with Gasteiger partial charge in [0.05, 0.1) is 13.2 Å². The number of fused-ring (bicyclic) bond motifs is 1. The van der Waals surface area contributed by atoms with Crippen molar-refractivity contribution >= 4 is 10.9 Å². The maximum Gasteiger partial charge on any atom is 0.258 e. The summed E-state index contributed by atoms with van der Waals surface area (Å²) in [5, 5.41) is 8.85. The Morgan fingerprint density at radius 1 is 1.03 bits per heavy atom. The Morgan fingerprint density at radius 2 is 1.87 bits per heavy atom. The second-order valence-electron chi connectivity index (χ2n) is 7.17. The average molecular weight is 421 g/mol. The Morgan fingerprint density at radius 3 is 2.68 bits per heavy atom. The fraction of sp³-hybridized carbons (Fsp3) is 0.333. The van der Waals surface area contributed by atoms with Crippen LogP contribution >= 0.6 is 0 Å². The standard InChI is InChI=1S/C24H28N4O3/c1-4-12-25-14-17-15-26-19-9-7-8-18(22(17)19)23-27-24(31-28-23)16-10-11-20(29-5-2)21(13-16)30-6-3/h7-11,13,15,25-26H,4-6,12,14H2,1-3H3. The normalized spacial score (nSPS) is 11.2. The molecule has 4 rings (SSSR count). The van der Waals surface area contributed by atoms with Crippen molar-refractivity contribution in [1.82, 2.24) is 20.4 Å². The second-order valence-corrected chi connectivity index (χ2v) is 7.17. The number of H-pyrrole nitrogens is 1. The van der Waals surface area contributed by atoms with Gasteiger partial charge < -0.3 is 24.3 Å². The lowest BCUT2D eigenvalue weighted by Crippen LogP contribution is -2.13. The largest absolute Gasteiger partial charge is 0.490 e. The average Bonchev–Trinajstić information content (AvgIpc) is 3.43. The molecule has 7 heteroatoms. The summed E-state index contributed by atoms with van der Waals surface area (Å²) in [6.07, 6.45) is 3.13. The maximum absolute atomic E-state index is 5.73. The van der Waals surface area contributed by atoms with Gasteiger partial charge in [-0.05, 0) is 56.6 Å².